The summed E-state index contributed by atoms with van der Waals surface area (Å²) in [5.41, 5.74) is 4.09. The van der Waals surface area contributed by atoms with Crippen LogP contribution in [0.2, 0.25) is 0 Å². The Bertz CT molecular complexity index is 693. The Morgan fingerprint density at radius 3 is 2.58 bits per heavy atom. The minimum atomic E-state index is 0. The Balaban J connectivity index is 0.00000208. The van der Waals surface area contributed by atoms with Crippen molar-refractivity contribution < 1.29 is 9.47 Å². The number of nitrogens with one attached hydrogen (secondary N) is 1. The zero-order chi connectivity index (χ0) is 16.2. The molecule has 3 rings (SSSR count). The topological polar surface area (TPSA) is 30.5 Å². The lowest BCUT2D eigenvalue weighted by Crippen LogP contribution is -2.25. The van der Waals surface area contributed by atoms with Crippen molar-refractivity contribution in [2.45, 2.75) is 31.8 Å². The summed E-state index contributed by atoms with van der Waals surface area (Å²) in [6.45, 7) is 0.792. The van der Waals surface area contributed by atoms with Crippen LogP contribution in [0.3, 0.4) is 0 Å². The molecule has 0 saturated heterocycles. The van der Waals surface area contributed by atoms with Crippen LogP contribution in [0, 0.1) is 0 Å². The molecule has 0 aromatic heterocycles. The number of rotatable bonds is 5. The van der Waals surface area contributed by atoms with E-state index in [0.29, 0.717) is 6.04 Å². The Kier molecular flexibility index (Phi) is 6.96. The van der Waals surface area contributed by atoms with E-state index in [1.807, 2.05) is 12.1 Å². The minimum Gasteiger partial charge on any atom is -0.493 e. The molecule has 1 aliphatic carbocycles. The molecule has 0 bridgehead atoms. The van der Waals surface area contributed by atoms with Gasteiger partial charge < -0.3 is 14.8 Å². The van der Waals surface area contributed by atoms with E-state index in [1.165, 1.54) is 36.0 Å². The fourth-order valence-corrected chi connectivity index (χ4v) is 3.69. The van der Waals surface area contributed by atoms with E-state index >= 15 is 0 Å². The van der Waals surface area contributed by atoms with Crippen molar-refractivity contribution in [3.63, 3.8) is 0 Å². The van der Waals surface area contributed by atoms with Crippen LogP contribution < -0.4 is 14.8 Å². The van der Waals surface area contributed by atoms with Crippen LogP contribution in [-0.2, 0) is 13.0 Å². The van der Waals surface area contributed by atoms with E-state index in [2.05, 4.69) is 45.5 Å². The summed E-state index contributed by atoms with van der Waals surface area (Å²) in [5.74, 6) is 1.50. The molecule has 3 nitrogen and oxygen atoms in total. The molecule has 0 aliphatic heterocycles. The number of aryl methyl sites for hydroxylation is 1. The van der Waals surface area contributed by atoms with E-state index in [-0.39, 0.29) is 12.4 Å². The molecule has 24 heavy (non-hydrogen) atoms. The lowest BCUT2D eigenvalue weighted by molar-refractivity contribution is 0.354. The first-order chi connectivity index (χ1) is 11.2. The van der Waals surface area contributed by atoms with Crippen LogP contribution in [0.4, 0.5) is 0 Å². The minimum absolute atomic E-state index is 0. The second-order valence-corrected chi connectivity index (χ2v) is 6.68. The van der Waals surface area contributed by atoms with Crippen LogP contribution in [-0.4, -0.2) is 14.2 Å². The highest BCUT2D eigenvalue weighted by Gasteiger charge is 2.19. The van der Waals surface area contributed by atoms with Gasteiger partial charge in [-0.2, -0.15) is 0 Å². The van der Waals surface area contributed by atoms with Gasteiger partial charge in [-0.25, -0.2) is 0 Å². The summed E-state index contributed by atoms with van der Waals surface area (Å²) >= 11 is 3.63. The van der Waals surface area contributed by atoms with E-state index in [1.54, 1.807) is 14.2 Å². The van der Waals surface area contributed by atoms with Crippen molar-refractivity contribution in [1.82, 2.24) is 5.32 Å². The predicted octanol–water partition coefficient (Wildman–Crippen LogP) is 5.06. The summed E-state index contributed by atoms with van der Waals surface area (Å²) in [6, 6.07) is 13.2. The van der Waals surface area contributed by atoms with Gasteiger partial charge in [0, 0.05) is 17.1 Å². The number of ether oxygens (including phenoxy) is 2. The summed E-state index contributed by atoms with van der Waals surface area (Å²) in [6.07, 6.45) is 3.61. The smallest absolute Gasteiger partial charge is 0.161 e. The van der Waals surface area contributed by atoms with Gasteiger partial charge in [0.05, 0.1) is 14.2 Å². The molecule has 0 spiro atoms. The maximum atomic E-state index is 5.41. The van der Waals surface area contributed by atoms with E-state index in [0.717, 1.165) is 22.5 Å². The standard InChI is InChI=1S/C19H22BrNO2.ClH/c1-22-18-10-14(16(20)11-19(18)23-2)12-21-17-9-5-7-13-6-3-4-8-15(13)17;/h3-4,6,8,10-11,17,21H,5,7,9,12H2,1-2H3;1H. The molecule has 1 atom stereocenters. The summed E-state index contributed by atoms with van der Waals surface area (Å²) in [7, 11) is 3.32. The number of hydrogen-bond donors (Lipinski definition) is 1. The van der Waals surface area contributed by atoms with Gasteiger partial charge in [0.1, 0.15) is 0 Å². The molecular formula is C19H23BrClNO2. The SMILES string of the molecule is COc1cc(Br)c(CNC2CCCc3ccccc32)cc1OC.Cl. The van der Waals surface area contributed by atoms with Gasteiger partial charge in [0.2, 0.25) is 0 Å². The second-order valence-electron chi connectivity index (χ2n) is 5.82. The summed E-state index contributed by atoms with van der Waals surface area (Å²) < 4.78 is 11.8. The quantitative estimate of drug-likeness (QED) is 0.745. The Labute approximate surface area is 158 Å². The number of benzene rings is 2. The van der Waals surface area contributed by atoms with Crippen LogP contribution >= 0.6 is 28.3 Å². The Morgan fingerprint density at radius 1 is 1.12 bits per heavy atom. The van der Waals surface area contributed by atoms with Crippen LogP contribution in [0.5, 0.6) is 11.5 Å². The third-order valence-electron chi connectivity index (χ3n) is 4.46. The first-order valence-electron chi connectivity index (χ1n) is 7.94. The van der Waals surface area contributed by atoms with Gasteiger partial charge >= 0.3 is 0 Å². The van der Waals surface area contributed by atoms with Crippen molar-refractivity contribution in [2.24, 2.45) is 0 Å². The largest absolute Gasteiger partial charge is 0.493 e. The highest BCUT2D eigenvalue weighted by atomic mass is 79.9. The van der Waals surface area contributed by atoms with Crippen LogP contribution in [0.25, 0.3) is 0 Å². The summed E-state index contributed by atoms with van der Waals surface area (Å²) in [5, 5.41) is 3.70. The number of methoxy groups -OCH3 is 2. The highest BCUT2D eigenvalue weighted by Crippen LogP contribution is 2.34. The van der Waals surface area contributed by atoms with E-state index in [4.69, 9.17) is 9.47 Å². The molecule has 1 N–H and O–H groups in total. The first kappa shape index (κ1) is 19.1. The number of hydrogen-bond acceptors (Lipinski definition) is 3. The molecule has 0 fully saturated rings. The maximum absolute atomic E-state index is 5.41. The van der Waals surface area contributed by atoms with E-state index in [9.17, 15) is 0 Å². The number of halogens is 2. The Morgan fingerprint density at radius 2 is 1.83 bits per heavy atom. The third kappa shape index (κ3) is 4.05. The van der Waals surface area contributed by atoms with Crippen molar-refractivity contribution >= 4 is 28.3 Å². The average Bonchev–Trinajstić information content (AvgIpc) is 2.60. The molecule has 0 saturated carbocycles. The fraction of sp³-hybridized carbons (Fsp3) is 0.368. The predicted molar refractivity (Wildman–Crippen MR) is 103 cm³/mol. The van der Waals surface area contributed by atoms with Gasteiger partial charge in [0.15, 0.2) is 11.5 Å². The molecule has 1 aliphatic rings. The van der Waals surface area contributed by atoms with Gasteiger partial charge in [-0.05, 0) is 48.1 Å². The first-order valence-corrected chi connectivity index (χ1v) is 8.74. The Hall–Kier alpha value is -1.23. The maximum Gasteiger partial charge on any atom is 0.161 e. The highest BCUT2D eigenvalue weighted by molar-refractivity contribution is 9.10. The molecular weight excluding hydrogens is 390 g/mol. The van der Waals surface area contributed by atoms with Crippen molar-refractivity contribution in [3.05, 3.63) is 57.6 Å². The molecule has 1 unspecified atom stereocenters. The number of fused-ring (bicyclic) bond motifs is 1. The van der Waals surface area contributed by atoms with Crippen molar-refractivity contribution in [2.75, 3.05) is 14.2 Å². The van der Waals surface area contributed by atoms with Crippen LogP contribution in [0.1, 0.15) is 35.6 Å². The summed E-state index contributed by atoms with van der Waals surface area (Å²) in [4.78, 5) is 0. The lowest BCUT2D eigenvalue weighted by Gasteiger charge is -2.26. The normalized spacial score (nSPS) is 16.0. The fourth-order valence-electron chi connectivity index (χ4n) is 3.23. The molecule has 0 heterocycles. The lowest BCUT2D eigenvalue weighted by atomic mass is 9.87. The van der Waals surface area contributed by atoms with Crippen molar-refractivity contribution in [1.29, 1.82) is 0 Å². The molecule has 0 radical (unpaired) electrons. The van der Waals surface area contributed by atoms with Gasteiger partial charge in [-0.3, -0.25) is 0 Å². The second kappa shape index (κ2) is 8.75. The molecule has 130 valence electrons. The van der Waals surface area contributed by atoms with Gasteiger partial charge in [-0.1, -0.05) is 40.2 Å². The molecule has 2 aromatic carbocycles. The zero-order valence-corrected chi connectivity index (χ0v) is 16.4. The van der Waals surface area contributed by atoms with Crippen molar-refractivity contribution in [3.8, 4) is 11.5 Å². The molecule has 5 heteroatoms. The zero-order valence-electron chi connectivity index (χ0n) is 14.0. The average molecular weight is 413 g/mol. The monoisotopic (exact) mass is 411 g/mol. The third-order valence-corrected chi connectivity index (χ3v) is 5.20. The van der Waals surface area contributed by atoms with Gasteiger partial charge in [0.25, 0.3) is 0 Å². The molecule has 2 aromatic rings. The van der Waals surface area contributed by atoms with E-state index < -0.39 is 0 Å². The van der Waals surface area contributed by atoms with Gasteiger partial charge in [-0.15, -0.1) is 12.4 Å². The molecule has 0 amide bonds. The van der Waals surface area contributed by atoms with Crippen LogP contribution in [0.15, 0.2) is 40.9 Å².